The summed E-state index contributed by atoms with van der Waals surface area (Å²) >= 11 is 0. The minimum Gasteiger partial charge on any atom is -0.324 e. The first-order valence-electron chi connectivity index (χ1n) is 7.55. The van der Waals surface area contributed by atoms with E-state index in [0.29, 0.717) is 11.4 Å². The number of aryl methyl sites for hydroxylation is 1. The number of nitrogens with one attached hydrogen (secondary N) is 1. The number of nitrogens with zero attached hydrogens (tertiary/aromatic N) is 2. The molecule has 126 valence electrons. The van der Waals surface area contributed by atoms with Crippen molar-refractivity contribution in [2.45, 2.75) is 33.2 Å². The number of para-hydroxylation sites is 1. The summed E-state index contributed by atoms with van der Waals surface area (Å²) in [7, 11) is 0. The van der Waals surface area contributed by atoms with E-state index in [1.165, 1.54) is 6.07 Å². The zero-order valence-electron chi connectivity index (χ0n) is 13.8. The predicted molar refractivity (Wildman–Crippen MR) is 91.3 cm³/mol. The van der Waals surface area contributed by atoms with Crippen LogP contribution in [0.25, 0.3) is 0 Å². The quantitative estimate of drug-likeness (QED) is 0.674. The van der Waals surface area contributed by atoms with Gasteiger partial charge < -0.3 is 5.32 Å². The van der Waals surface area contributed by atoms with Crippen molar-refractivity contribution in [3.8, 4) is 0 Å². The van der Waals surface area contributed by atoms with E-state index in [2.05, 4.69) is 5.32 Å². The molecule has 0 fully saturated rings. The molecule has 0 bridgehead atoms. The van der Waals surface area contributed by atoms with Crippen LogP contribution in [0.2, 0.25) is 0 Å². The monoisotopic (exact) mass is 329 g/mol. The van der Waals surface area contributed by atoms with Gasteiger partial charge in [0.25, 0.3) is 0 Å². The zero-order valence-corrected chi connectivity index (χ0v) is 13.8. The highest BCUT2D eigenvalue weighted by Crippen LogP contribution is 2.23. The fourth-order valence-electron chi connectivity index (χ4n) is 2.44. The Kier molecular flexibility index (Phi) is 5.13. The molecule has 2 aromatic rings. The highest BCUT2D eigenvalue weighted by Gasteiger charge is 2.18. The van der Waals surface area contributed by atoms with Crippen LogP contribution in [-0.4, -0.2) is 15.4 Å². The second-order valence-electron chi connectivity index (χ2n) is 5.80. The Hall–Kier alpha value is -2.96. The van der Waals surface area contributed by atoms with E-state index >= 15 is 0 Å². The van der Waals surface area contributed by atoms with Crippen molar-refractivity contribution in [3.05, 3.63) is 68.1 Å². The van der Waals surface area contributed by atoms with Crippen LogP contribution in [0.1, 0.15) is 31.0 Å². The largest absolute Gasteiger partial charge is 0.334 e. The Morgan fingerprint density at radius 1 is 1.25 bits per heavy atom. The number of carbonyl (C=O) groups is 1. The predicted octanol–water partition coefficient (Wildman–Crippen LogP) is 2.83. The zero-order chi connectivity index (χ0) is 17.9. The van der Waals surface area contributed by atoms with Gasteiger partial charge in [0.05, 0.1) is 4.92 Å². The van der Waals surface area contributed by atoms with Gasteiger partial charge in [0.2, 0.25) is 5.91 Å². The third kappa shape index (κ3) is 3.68. The normalized spacial score (nSPS) is 10.7. The molecule has 0 saturated carbocycles. The smallest absolute Gasteiger partial charge is 0.324 e. The maximum atomic E-state index is 12.3. The van der Waals surface area contributed by atoms with Gasteiger partial charge in [0, 0.05) is 17.4 Å². The summed E-state index contributed by atoms with van der Waals surface area (Å²) in [4.78, 5) is 34.6. The van der Waals surface area contributed by atoms with Gasteiger partial charge in [0.15, 0.2) is 0 Å². The molecule has 1 heterocycles. The first-order valence-corrected chi connectivity index (χ1v) is 7.55. The van der Waals surface area contributed by atoms with Crippen LogP contribution in [0.15, 0.2) is 41.2 Å². The van der Waals surface area contributed by atoms with E-state index in [4.69, 9.17) is 0 Å². The second kappa shape index (κ2) is 7.08. The van der Waals surface area contributed by atoms with Gasteiger partial charge >= 0.3 is 11.2 Å². The standard InChI is InChI=1S/C17H19N3O4/c1-11(2)13-6-4-5-7-14(13)18-16(21)10-19-12(3)8-9-15(17(19)22)20(23)24/h4-9,11H,10H2,1-3H3,(H,18,21). The minimum atomic E-state index is -0.785. The molecule has 1 amide bonds. The fraction of sp³-hybridized carbons (Fsp3) is 0.294. The number of carbonyl (C=O) groups excluding carboxylic acids is 1. The molecular weight excluding hydrogens is 310 g/mol. The van der Waals surface area contributed by atoms with Crippen LogP contribution >= 0.6 is 0 Å². The Morgan fingerprint density at radius 2 is 1.92 bits per heavy atom. The number of benzene rings is 1. The molecule has 0 radical (unpaired) electrons. The molecule has 7 nitrogen and oxygen atoms in total. The first kappa shape index (κ1) is 17.4. The maximum absolute atomic E-state index is 12.3. The summed E-state index contributed by atoms with van der Waals surface area (Å²) in [5.74, 6) is -0.183. The SMILES string of the molecule is Cc1ccc([N+](=O)[O-])c(=O)n1CC(=O)Nc1ccccc1C(C)C. The average molecular weight is 329 g/mol. The third-order valence-corrected chi connectivity index (χ3v) is 3.73. The molecule has 0 atom stereocenters. The van der Waals surface area contributed by atoms with Crippen LogP contribution in [0, 0.1) is 17.0 Å². The summed E-state index contributed by atoms with van der Waals surface area (Å²) in [6, 6.07) is 10.0. The van der Waals surface area contributed by atoms with E-state index in [-0.39, 0.29) is 12.5 Å². The molecule has 0 aliphatic heterocycles. The number of nitro groups is 1. The summed E-state index contributed by atoms with van der Waals surface area (Å²) in [5.41, 5.74) is 0.809. The number of aromatic nitrogens is 1. The number of pyridine rings is 1. The van der Waals surface area contributed by atoms with E-state index in [0.717, 1.165) is 16.2 Å². The first-order chi connectivity index (χ1) is 11.3. The lowest BCUT2D eigenvalue weighted by Gasteiger charge is -2.14. The molecule has 0 saturated heterocycles. The van der Waals surface area contributed by atoms with E-state index < -0.39 is 22.1 Å². The number of amides is 1. The summed E-state index contributed by atoms with van der Waals surface area (Å²) < 4.78 is 1.10. The van der Waals surface area contributed by atoms with Crippen LogP contribution in [0.3, 0.4) is 0 Å². The lowest BCUT2D eigenvalue weighted by atomic mass is 10.0. The van der Waals surface area contributed by atoms with Crippen molar-refractivity contribution in [2.24, 2.45) is 0 Å². The molecule has 2 rings (SSSR count). The molecule has 0 spiro atoms. The summed E-state index contributed by atoms with van der Waals surface area (Å²) in [5, 5.41) is 13.6. The lowest BCUT2D eigenvalue weighted by Crippen LogP contribution is -2.30. The van der Waals surface area contributed by atoms with Gasteiger partial charge in [-0.1, -0.05) is 32.0 Å². The Labute approximate surface area is 139 Å². The van der Waals surface area contributed by atoms with E-state index in [9.17, 15) is 19.7 Å². The van der Waals surface area contributed by atoms with Crippen molar-refractivity contribution in [2.75, 3.05) is 5.32 Å². The highest BCUT2D eigenvalue weighted by atomic mass is 16.6. The molecule has 1 N–H and O–H groups in total. The molecule has 7 heteroatoms. The highest BCUT2D eigenvalue weighted by molar-refractivity contribution is 5.91. The maximum Gasteiger partial charge on any atom is 0.334 e. The second-order valence-corrected chi connectivity index (χ2v) is 5.80. The van der Waals surface area contributed by atoms with Gasteiger partial charge in [-0.25, -0.2) is 0 Å². The van der Waals surface area contributed by atoms with Crippen molar-refractivity contribution >= 4 is 17.3 Å². The molecule has 1 aromatic carbocycles. The molecule has 0 aliphatic carbocycles. The van der Waals surface area contributed by atoms with E-state index in [1.807, 2.05) is 32.0 Å². The fourth-order valence-corrected chi connectivity index (χ4v) is 2.44. The topological polar surface area (TPSA) is 94.2 Å². The van der Waals surface area contributed by atoms with E-state index in [1.54, 1.807) is 13.0 Å². The number of hydrogen-bond donors (Lipinski definition) is 1. The lowest BCUT2D eigenvalue weighted by molar-refractivity contribution is -0.386. The third-order valence-electron chi connectivity index (χ3n) is 3.73. The Morgan fingerprint density at radius 3 is 2.54 bits per heavy atom. The Bertz CT molecular complexity index is 840. The number of rotatable bonds is 5. The van der Waals surface area contributed by atoms with Crippen LogP contribution in [-0.2, 0) is 11.3 Å². The number of anilines is 1. The van der Waals surface area contributed by atoms with Crippen LogP contribution in [0.5, 0.6) is 0 Å². The van der Waals surface area contributed by atoms with Crippen molar-refractivity contribution < 1.29 is 9.72 Å². The number of hydrogen-bond acceptors (Lipinski definition) is 4. The Balaban J connectivity index is 2.27. The minimum absolute atomic E-state index is 0.226. The molecule has 0 aliphatic rings. The summed E-state index contributed by atoms with van der Waals surface area (Å²) in [6.45, 7) is 5.37. The molecule has 1 aromatic heterocycles. The van der Waals surface area contributed by atoms with Crippen LogP contribution < -0.4 is 10.9 Å². The van der Waals surface area contributed by atoms with Crippen molar-refractivity contribution in [1.82, 2.24) is 4.57 Å². The van der Waals surface area contributed by atoms with Crippen molar-refractivity contribution in [3.63, 3.8) is 0 Å². The van der Waals surface area contributed by atoms with Gasteiger partial charge in [-0.3, -0.25) is 24.3 Å². The van der Waals surface area contributed by atoms with Gasteiger partial charge in [-0.05, 0) is 30.5 Å². The van der Waals surface area contributed by atoms with Gasteiger partial charge in [0.1, 0.15) is 6.54 Å². The van der Waals surface area contributed by atoms with Gasteiger partial charge in [-0.15, -0.1) is 0 Å². The molecule has 24 heavy (non-hydrogen) atoms. The van der Waals surface area contributed by atoms with Gasteiger partial charge in [-0.2, -0.15) is 0 Å². The molecule has 0 unspecified atom stereocenters. The average Bonchev–Trinajstić information content (AvgIpc) is 2.51. The summed E-state index contributed by atoms with van der Waals surface area (Å²) in [6.07, 6.45) is 0. The van der Waals surface area contributed by atoms with Crippen molar-refractivity contribution in [1.29, 1.82) is 0 Å². The van der Waals surface area contributed by atoms with Crippen LogP contribution in [0.4, 0.5) is 11.4 Å². The molecular formula is C17H19N3O4.